The standard InChI is InChI=1S/C10H8F4/c1-6(5-11)2-7-3-8(12)4-9(13)10(7)14/h3-5H,2H2,1H3/b6-5-. The quantitative estimate of drug-likeness (QED) is 0.510. The van der Waals surface area contributed by atoms with Gasteiger partial charge in [0.1, 0.15) is 5.82 Å². The van der Waals surface area contributed by atoms with Crippen LogP contribution in [0.1, 0.15) is 12.5 Å². The summed E-state index contributed by atoms with van der Waals surface area (Å²) in [7, 11) is 0. The number of halogens is 4. The van der Waals surface area contributed by atoms with Crippen molar-refractivity contribution < 1.29 is 17.6 Å². The van der Waals surface area contributed by atoms with Gasteiger partial charge in [0.15, 0.2) is 11.6 Å². The second kappa shape index (κ2) is 4.26. The van der Waals surface area contributed by atoms with Gasteiger partial charge in [0.25, 0.3) is 0 Å². The van der Waals surface area contributed by atoms with Gasteiger partial charge >= 0.3 is 0 Å². The predicted octanol–water partition coefficient (Wildman–Crippen LogP) is 3.52. The van der Waals surface area contributed by atoms with Crippen LogP contribution in [0.4, 0.5) is 17.6 Å². The largest absolute Gasteiger partial charge is 0.216 e. The summed E-state index contributed by atoms with van der Waals surface area (Å²) < 4.78 is 50.2. The molecule has 1 aromatic rings. The Hall–Kier alpha value is -1.32. The monoisotopic (exact) mass is 204 g/mol. The molecule has 0 nitrogen and oxygen atoms in total. The topological polar surface area (TPSA) is 0 Å². The van der Waals surface area contributed by atoms with Crippen molar-refractivity contribution in [2.45, 2.75) is 13.3 Å². The van der Waals surface area contributed by atoms with Gasteiger partial charge in [0, 0.05) is 6.07 Å². The average Bonchev–Trinajstić information content (AvgIpc) is 2.13. The summed E-state index contributed by atoms with van der Waals surface area (Å²) >= 11 is 0. The zero-order valence-electron chi connectivity index (χ0n) is 7.45. The first-order valence-electron chi connectivity index (χ1n) is 3.94. The van der Waals surface area contributed by atoms with Crippen molar-refractivity contribution in [3.63, 3.8) is 0 Å². The number of hydrogen-bond donors (Lipinski definition) is 0. The smallest absolute Gasteiger partial charge is 0.162 e. The second-order valence-electron chi connectivity index (χ2n) is 2.99. The summed E-state index contributed by atoms with van der Waals surface area (Å²) in [5.74, 6) is -3.26. The molecule has 1 aromatic carbocycles. The minimum absolute atomic E-state index is 0.142. The molecule has 0 N–H and O–H groups in total. The van der Waals surface area contributed by atoms with Crippen molar-refractivity contribution in [1.82, 2.24) is 0 Å². The molecule has 0 saturated carbocycles. The normalized spacial score (nSPS) is 11.9. The third-order valence-corrected chi connectivity index (χ3v) is 1.72. The van der Waals surface area contributed by atoms with Crippen molar-refractivity contribution in [2.24, 2.45) is 0 Å². The Balaban J connectivity index is 3.08. The lowest BCUT2D eigenvalue weighted by Gasteiger charge is -2.03. The minimum Gasteiger partial charge on any atom is -0.216 e. The van der Waals surface area contributed by atoms with Gasteiger partial charge in [-0.3, -0.25) is 0 Å². The highest BCUT2D eigenvalue weighted by Gasteiger charge is 2.11. The van der Waals surface area contributed by atoms with E-state index in [9.17, 15) is 17.6 Å². The molecule has 14 heavy (non-hydrogen) atoms. The zero-order chi connectivity index (χ0) is 10.7. The summed E-state index contributed by atoms with van der Waals surface area (Å²) in [5.41, 5.74) is 0.0165. The van der Waals surface area contributed by atoms with E-state index < -0.39 is 17.5 Å². The summed E-state index contributed by atoms with van der Waals surface area (Å²) in [5, 5.41) is 0. The van der Waals surface area contributed by atoms with Gasteiger partial charge in [-0.15, -0.1) is 0 Å². The van der Waals surface area contributed by atoms with E-state index in [0.29, 0.717) is 6.07 Å². The van der Waals surface area contributed by atoms with Crippen LogP contribution in [-0.2, 0) is 6.42 Å². The van der Waals surface area contributed by atoms with Crippen LogP contribution in [0.25, 0.3) is 0 Å². The van der Waals surface area contributed by atoms with E-state index in [1.165, 1.54) is 6.92 Å². The Bertz CT molecular complexity index is 369. The molecular formula is C10H8F4. The highest BCUT2D eigenvalue weighted by Crippen LogP contribution is 2.17. The van der Waals surface area contributed by atoms with E-state index in [1.54, 1.807) is 0 Å². The lowest BCUT2D eigenvalue weighted by molar-refractivity contribution is 0.486. The molecule has 0 saturated heterocycles. The first-order chi connectivity index (χ1) is 6.54. The van der Waals surface area contributed by atoms with Crippen molar-refractivity contribution in [1.29, 1.82) is 0 Å². The van der Waals surface area contributed by atoms with E-state index in [4.69, 9.17) is 0 Å². The fourth-order valence-corrected chi connectivity index (χ4v) is 1.08. The van der Waals surface area contributed by atoms with Crippen molar-refractivity contribution in [2.75, 3.05) is 0 Å². The van der Waals surface area contributed by atoms with Crippen LogP contribution < -0.4 is 0 Å². The van der Waals surface area contributed by atoms with E-state index in [1.807, 2.05) is 0 Å². The number of rotatable bonds is 2. The molecule has 0 bridgehead atoms. The fourth-order valence-electron chi connectivity index (χ4n) is 1.08. The summed E-state index contributed by atoms with van der Waals surface area (Å²) in [6, 6.07) is 1.30. The van der Waals surface area contributed by atoms with Gasteiger partial charge in [-0.1, -0.05) is 0 Å². The maximum absolute atomic E-state index is 13.0. The maximum atomic E-state index is 13.0. The lowest BCUT2D eigenvalue weighted by Crippen LogP contribution is -1.97. The van der Waals surface area contributed by atoms with Crippen LogP contribution in [0.3, 0.4) is 0 Å². The molecule has 0 aliphatic heterocycles. The van der Waals surface area contributed by atoms with E-state index >= 15 is 0 Å². The van der Waals surface area contributed by atoms with Gasteiger partial charge in [-0.2, -0.15) is 0 Å². The molecule has 0 unspecified atom stereocenters. The number of hydrogen-bond acceptors (Lipinski definition) is 0. The summed E-state index contributed by atoms with van der Waals surface area (Å²) in [6.45, 7) is 1.41. The molecule has 0 atom stereocenters. The van der Waals surface area contributed by atoms with Gasteiger partial charge in [-0.25, -0.2) is 17.6 Å². The Morgan fingerprint density at radius 2 is 1.93 bits per heavy atom. The molecule has 0 radical (unpaired) electrons. The van der Waals surface area contributed by atoms with Gasteiger partial charge < -0.3 is 0 Å². The first kappa shape index (κ1) is 10.8. The van der Waals surface area contributed by atoms with Crippen molar-refractivity contribution in [3.05, 3.63) is 47.1 Å². The average molecular weight is 204 g/mol. The molecule has 0 aliphatic carbocycles. The molecule has 4 heteroatoms. The van der Waals surface area contributed by atoms with Crippen LogP contribution in [-0.4, -0.2) is 0 Å². The Labute approximate surface area is 78.9 Å². The molecule has 0 spiro atoms. The molecule has 0 fully saturated rings. The molecule has 0 aliphatic rings. The third kappa shape index (κ3) is 2.34. The second-order valence-corrected chi connectivity index (χ2v) is 2.99. The van der Waals surface area contributed by atoms with Crippen LogP contribution in [0.5, 0.6) is 0 Å². The first-order valence-corrected chi connectivity index (χ1v) is 3.94. The maximum Gasteiger partial charge on any atom is 0.162 e. The Kier molecular flexibility index (Phi) is 3.28. The number of allylic oxidation sites excluding steroid dienone is 1. The highest BCUT2D eigenvalue weighted by molar-refractivity contribution is 5.24. The Morgan fingerprint density at radius 3 is 2.50 bits per heavy atom. The van der Waals surface area contributed by atoms with Crippen molar-refractivity contribution in [3.8, 4) is 0 Å². The fraction of sp³-hybridized carbons (Fsp3) is 0.200. The molecular weight excluding hydrogens is 196 g/mol. The molecule has 0 amide bonds. The highest BCUT2D eigenvalue weighted by atomic mass is 19.2. The third-order valence-electron chi connectivity index (χ3n) is 1.72. The molecule has 0 aromatic heterocycles. The van der Waals surface area contributed by atoms with Gasteiger partial charge in [0.2, 0.25) is 0 Å². The van der Waals surface area contributed by atoms with Crippen LogP contribution >= 0.6 is 0 Å². The molecule has 0 heterocycles. The molecule has 76 valence electrons. The minimum atomic E-state index is -1.26. The van der Waals surface area contributed by atoms with E-state index in [-0.39, 0.29) is 23.9 Å². The van der Waals surface area contributed by atoms with Gasteiger partial charge in [-0.05, 0) is 30.5 Å². The van der Waals surface area contributed by atoms with Crippen molar-refractivity contribution >= 4 is 0 Å². The van der Waals surface area contributed by atoms with Crippen LogP contribution in [0.15, 0.2) is 24.0 Å². The number of benzene rings is 1. The predicted molar refractivity (Wildman–Crippen MR) is 44.9 cm³/mol. The lowest BCUT2D eigenvalue weighted by atomic mass is 10.1. The van der Waals surface area contributed by atoms with Crippen LogP contribution in [0.2, 0.25) is 0 Å². The summed E-state index contributed by atoms with van der Waals surface area (Å²) in [6.07, 6.45) is 0.138. The van der Waals surface area contributed by atoms with Gasteiger partial charge in [0.05, 0.1) is 6.33 Å². The summed E-state index contributed by atoms with van der Waals surface area (Å²) in [4.78, 5) is 0. The van der Waals surface area contributed by atoms with E-state index in [2.05, 4.69) is 0 Å². The van der Waals surface area contributed by atoms with Crippen LogP contribution in [0, 0.1) is 17.5 Å². The zero-order valence-corrected chi connectivity index (χ0v) is 7.45. The SMILES string of the molecule is C/C(=C/F)Cc1cc(F)cc(F)c1F. The van der Waals surface area contributed by atoms with E-state index in [0.717, 1.165) is 6.07 Å². The molecule has 1 rings (SSSR count). The Morgan fingerprint density at radius 1 is 1.29 bits per heavy atom.